The highest BCUT2D eigenvalue weighted by molar-refractivity contribution is 5.96. The zero-order chi connectivity index (χ0) is 18.5. The second-order valence-corrected chi connectivity index (χ2v) is 7.20. The number of aryl methyl sites for hydroxylation is 2. The summed E-state index contributed by atoms with van der Waals surface area (Å²) in [5.74, 6) is 0.0393. The molecule has 1 atom stereocenters. The Kier molecular flexibility index (Phi) is 5.94. The van der Waals surface area contributed by atoms with Gasteiger partial charge in [0.15, 0.2) is 0 Å². The van der Waals surface area contributed by atoms with Crippen molar-refractivity contribution >= 4 is 11.6 Å². The lowest BCUT2D eigenvalue weighted by Gasteiger charge is -2.26. The van der Waals surface area contributed by atoms with E-state index in [0.717, 1.165) is 31.4 Å². The fourth-order valence-corrected chi connectivity index (χ4v) is 3.37. The standard InChI is InChI=1S/C22H28N2O2/c1-16-5-8-18(9-6-16)11-12-24(15-20-4-3-13-26-20)22(25)21-14-19(23)10-7-17(21)2/h5-10,14,20H,3-4,11-13,15,23H2,1-2H3. The number of rotatable bonds is 6. The van der Waals surface area contributed by atoms with Gasteiger partial charge < -0.3 is 15.4 Å². The van der Waals surface area contributed by atoms with Crippen LogP contribution in [0.3, 0.4) is 0 Å². The molecule has 1 aliphatic heterocycles. The highest BCUT2D eigenvalue weighted by atomic mass is 16.5. The zero-order valence-corrected chi connectivity index (χ0v) is 15.7. The average molecular weight is 352 g/mol. The summed E-state index contributed by atoms with van der Waals surface area (Å²) in [5, 5.41) is 0. The normalized spacial score (nSPS) is 16.6. The lowest BCUT2D eigenvalue weighted by molar-refractivity contribution is 0.0528. The summed E-state index contributed by atoms with van der Waals surface area (Å²) in [6.45, 7) is 6.15. The summed E-state index contributed by atoms with van der Waals surface area (Å²) in [6, 6.07) is 14.0. The van der Waals surface area contributed by atoms with E-state index < -0.39 is 0 Å². The van der Waals surface area contributed by atoms with Crippen LogP contribution in [-0.2, 0) is 11.2 Å². The van der Waals surface area contributed by atoms with Gasteiger partial charge in [-0.25, -0.2) is 0 Å². The van der Waals surface area contributed by atoms with Crippen LogP contribution >= 0.6 is 0 Å². The second kappa shape index (κ2) is 8.37. The van der Waals surface area contributed by atoms with E-state index >= 15 is 0 Å². The van der Waals surface area contributed by atoms with Crippen LogP contribution in [0.25, 0.3) is 0 Å². The van der Waals surface area contributed by atoms with Gasteiger partial charge in [-0.1, -0.05) is 35.9 Å². The first-order chi connectivity index (χ1) is 12.5. The predicted octanol–water partition coefficient (Wildman–Crippen LogP) is 3.75. The maximum absolute atomic E-state index is 13.2. The summed E-state index contributed by atoms with van der Waals surface area (Å²) in [6.07, 6.45) is 3.06. The fraction of sp³-hybridized carbons (Fsp3) is 0.409. The molecule has 138 valence electrons. The van der Waals surface area contributed by atoms with Crippen LogP contribution < -0.4 is 5.73 Å². The molecule has 0 saturated carbocycles. The maximum atomic E-state index is 13.2. The highest BCUT2D eigenvalue weighted by Gasteiger charge is 2.24. The molecule has 4 nitrogen and oxygen atoms in total. The number of nitrogens with zero attached hydrogens (tertiary/aromatic N) is 1. The van der Waals surface area contributed by atoms with Crippen LogP contribution in [0.5, 0.6) is 0 Å². The first-order valence-corrected chi connectivity index (χ1v) is 9.35. The molecule has 0 radical (unpaired) electrons. The van der Waals surface area contributed by atoms with Crippen molar-refractivity contribution in [2.45, 2.75) is 39.2 Å². The largest absolute Gasteiger partial charge is 0.399 e. The minimum Gasteiger partial charge on any atom is -0.399 e. The molecule has 26 heavy (non-hydrogen) atoms. The zero-order valence-electron chi connectivity index (χ0n) is 15.7. The molecule has 1 unspecified atom stereocenters. The smallest absolute Gasteiger partial charge is 0.254 e. The van der Waals surface area contributed by atoms with Crippen LogP contribution in [-0.4, -0.2) is 36.6 Å². The number of anilines is 1. The average Bonchev–Trinajstić information content (AvgIpc) is 3.14. The van der Waals surface area contributed by atoms with E-state index in [-0.39, 0.29) is 12.0 Å². The molecule has 0 bridgehead atoms. The fourth-order valence-electron chi connectivity index (χ4n) is 3.37. The van der Waals surface area contributed by atoms with Gasteiger partial charge in [0, 0.05) is 30.9 Å². The van der Waals surface area contributed by atoms with Gasteiger partial charge in [-0.15, -0.1) is 0 Å². The van der Waals surface area contributed by atoms with E-state index in [1.54, 1.807) is 6.07 Å². The third kappa shape index (κ3) is 4.64. The molecule has 1 amide bonds. The molecule has 1 fully saturated rings. The lowest BCUT2D eigenvalue weighted by Crippen LogP contribution is -2.39. The Balaban J connectivity index is 1.76. The second-order valence-electron chi connectivity index (χ2n) is 7.20. The SMILES string of the molecule is Cc1ccc(CCN(CC2CCCO2)C(=O)c2cc(N)ccc2C)cc1. The summed E-state index contributed by atoms with van der Waals surface area (Å²) < 4.78 is 5.77. The van der Waals surface area contributed by atoms with Gasteiger partial charge in [0.1, 0.15) is 0 Å². The monoisotopic (exact) mass is 352 g/mol. The van der Waals surface area contributed by atoms with Gasteiger partial charge in [-0.3, -0.25) is 4.79 Å². The van der Waals surface area contributed by atoms with Crippen LogP contribution in [0.2, 0.25) is 0 Å². The number of nitrogens with two attached hydrogens (primary N) is 1. The Labute approximate surface area is 156 Å². The van der Waals surface area contributed by atoms with Crippen LogP contribution in [0.1, 0.15) is 39.9 Å². The van der Waals surface area contributed by atoms with Gasteiger partial charge in [0.25, 0.3) is 5.91 Å². The number of amides is 1. The molecule has 0 aromatic heterocycles. The summed E-state index contributed by atoms with van der Waals surface area (Å²) in [7, 11) is 0. The maximum Gasteiger partial charge on any atom is 0.254 e. The molecule has 1 heterocycles. The van der Waals surface area contributed by atoms with Crippen LogP contribution in [0.4, 0.5) is 5.69 Å². The minimum atomic E-state index is 0.0393. The number of ether oxygens (including phenoxy) is 1. The quantitative estimate of drug-likeness (QED) is 0.806. The van der Waals surface area contributed by atoms with E-state index in [9.17, 15) is 4.79 Å². The molecule has 4 heteroatoms. The van der Waals surface area contributed by atoms with Crippen molar-refractivity contribution in [3.05, 3.63) is 64.7 Å². The number of benzene rings is 2. The Bertz CT molecular complexity index is 749. The topological polar surface area (TPSA) is 55.6 Å². The van der Waals surface area contributed by atoms with Crippen molar-refractivity contribution in [2.24, 2.45) is 0 Å². The van der Waals surface area contributed by atoms with Crippen molar-refractivity contribution in [2.75, 3.05) is 25.4 Å². The molecule has 0 aliphatic carbocycles. The van der Waals surface area contributed by atoms with Crippen molar-refractivity contribution in [3.63, 3.8) is 0 Å². The highest BCUT2D eigenvalue weighted by Crippen LogP contribution is 2.19. The van der Waals surface area contributed by atoms with E-state index in [0.29, 0.717) is 24.3 Å². The molecule has 2 N–H and O–H groups in total. The Morgan fingerprint density at radius 1 is 1.19 bits per heavy atom. The van der Waals surface area contributed by atoms with E-state index in [1.807, 2.05) is 24.0 Å². The Morgan fingerprint density at radius 3 is 2.65 bits per heavy atom. The van der Waals surface area contributed by atoms with E-state index in [2.05, 4.69) is 31.2 Å². The van der Waals surface area contributed by atoms with E-state index in [1.165, 1.54) is 11.1 Å². The molecule has 3 rings (SSSR count). The van der Waals surface area contributed by atoms with Gasteiger partial charge in [-0.05, 0) is 56.4 Å². The molecule has 2 aromatic rings. The van der Waals surface area contributed by atoms with Crippen LogP contribution in [0, 0.1) is 13.8 Å². The Morgan fingerprint density at radius 2 is 1.96 bits per heavy atom. The number of hydrogen-bond donors (Lipinski definition) is 1. The minimum absolute atomic E-state index is 0.0393. The summed E-state index contributed by atoms with van der Waals surface area (Å²) >= 11 is 0. The van der Waals surface area contributed by atoms with Crippen molar-refractivity contribution in [3.8, 4) is 0 Å². The molecule has 1 saturated heterocycles. The van der Waals surface area contributed by atoms with Crippen molar-refractivity contribution in [1.29, 1.82) is 0 Å². The van der Waals surface area contributed by atoms with E-state index in [4.69, 9.17) is 10.5 Å². The molecule has 2 aromatic carbocycles. The number of carbonyl (C=O) groups excluding carboxylic acids is 1. The third-order valence-corrected chi connectivity index (χ3v) is 5.02. The predicted molar refractivity (Wildman–Crippen MR) is 105 cm³/mol. The van der Waals surface area contributed by atoms with Crippen LogP contribution in [0.15, 0.2) is 42.5 Å². The number of carbonyl (C=O) groups is 1. The third-order valence-electron chi connectivity index (χ3n) is 5.02. The summed E-state index contributed by atoms with van der Waals surface area (Å²) in [5.41, 5.74) is 10.7. The molecule has 1 aliphatic rings. The Hall–Kier alpha value is -2.33. The van der Waals surface area contributed by atoms with Crippen molar-refractivity contribution < 1.29 is 9.53 Å². The first kappa shape index (κ1) is 18.5. The van der Waals surface area contributed by atoms with Gasteiger partial charge in [0.2, 0.25) is 0 Å². The molecule has 0 spiro atoms. The summed E-state index contributed by atoms with van der Waals surface area (Å²) in [4.78, 5) is 15.1. The lowest BCUT2D eigenvalue weighted by atomic mass is 10.0. The molecular weight excluding hydrogens is 324 g/mol. The van der Waals surface area contributed by atoms with Gasteiger partial charge in [0.05, 0.1) is 6.10 Å². The van der Waals surface area contributed by atoms with Crippen molar-refractivity contribution in [1.82, 2.24) is 4.90 Å². The number of hydrogen-bond acceptors (Lipinski definition) is 3. The van der Waals surface area contributed by atoms with Gasteiger partial charge >= 0.3 is 0 Å². The molecular formula is C22H28N2O2. The first-order valence-electron chi connectivity index (χ1n) is 9.35. The van der Waals surface area contributed by atoms with Gasteiger partial charge in [-0.2, -0.15) is 0 Å². The number of nitrogen functional groups attached to an aromatic ring is 1.